The van der Waals surface area contributed by atoms with Gasteiger partial charge >= 0.3 is 5.97 Å². The van der Waals surface area contributed by atoms with Crippen molar-refractivity contribution in [3.8, 4) is 5.75 Å². The molecule has 1 aliphatic rings. The zero-order chi connectivity index (χ0) is 31.9. The highest BCUT2D eigenvalue weighted by atomic mass is 79.9. The fraction of sp³-hybridized carbons (Fsp3) is 0.162. The number of thiazole rings is 1. The molecule has 0 spiro atoms. The minimum Gasteiger partial charge on any atom is -0.496 e. The maximum absolute atomic E-state index is 14.5. The van der Waals surface area contributed by atoms with Crippen LogP contribution in [-0.4, -0.2) is 28.8 Å². The lowest BCUT2D eigenvalue weighted by Gasteiger charge is -2.27. The summed E-state index contributed by atoms with van der Waals surface area (Å²) in [5, 5.41) is 2.90. The van der Waals surface area contributed by atoms with Gasteiger partial charge in [0.05, 0.1) is 29.5 Å². The quantitative estimate of drug-likeness (QED) is 0.174. The summed E-state index contributed by atoms with van der Waals surface area (Å²) in [5.74, 6) is 0.0693. The number of benzene rings is 4. The lowest BCUT2D eigenvalue weighted by Crippen LogP contribution is -2.40. The number of carbonyl (C=O) groups excluding carboxylic acids is 1. The number of para-hydroxylation sites is 1. The molecule has 0 fully saturated rings. The summed E-state index contributed by atoms with van der Waals surface area (Å²) in [6.07, 6.45) is 4.02. The van der Waals surface area contributed by atoms with E-state index in [4.69, 9.17) is 14.5 Å². The smallest absolute Gasteiger partial charge is 0.338 e. The van der Waals surface area contributed by atoms with E-state index in [9.17, 15) is 9.59 Å². The van der Waals surface area contributed by atoms with Gasteiger partial charge in [-0.05, 0) is 60.5 Å². The minimum absolute atomic E-state index is 0.198. The van der Waals surface area contributed by atoms with Crippen molar-refractivity contribution in [3.63, 3.8) is 0 Å². The first-order chi connectivity index (χ1) is 22.4. The topological polar surface area (TPSA) is 74.8 Å². The van der Waals surface area contributed by atoms with Gasteiger partial charge in [0.15, 0.2) is 4.80 Å². The van der Waals surface area contributed by atoms with Crippen molar-refractivity contribution in [1.82, 2.24) is 9.13 Å². The molecular weight excluding hydrogens is 662 g/mol. The van der Waals surface area contributed by atoms with E-state index < -0.39 is 12.0 Å². The molecule has 0 radical (unpaired) electrons. The van der Waals surface area contributed by atoms with Crippen molar-refractivity contribution in [2.24, 2.45) is 4.99 Å². The number of fused-ring (bicyclic) bond motifs is 3. The molecule has 1 atom stereocenters. The Morgan fingerprint density at radius 3 is 2.50 bits per heavy atom. The Labute approximate surface area is 277 Å². The van der Waals surface area contributed by atoms with Crippen molar-refractivity contribution in [1.29, 1.82) is 0 Å². The van der Waals surface area contributed by atoms with Crippen LogP contribution in [0.4, 0.5) is 0 Å². The lowest BCUT2D eigenvalue weighted by molar-refractivity contribution is -0.139. The van der Waals surface area contributed by atoms with Gasteiger partial charge in [-0.3, -0.25) is 9.36 Å². The number of nitrogens with zero attached hydrogens (tertiary/aromatic N) is 3. The number of hydrogen-bond acceptors (Lipinski definition) is 6. The summed E-state index contributed by atoms with van der Waals surface area (Å²) in [7, 11) is 1.60. The maximum Gasteiger partial charge on any atom is 0.338 e. The number of hydrogen-bond donors (Lipinski definition) is 0. The molecule has 1 aliphatic heterocycles. The summed E-state index contributed by atoms with van der Waals surface area (Å²) >= 11 is 4.83. The molecule has 2 aromatic heterocycles. The van der Waals surface area contributed by atoms with Crippen LogP contribution in [-0.2, 0) is 16.1 Å². The Kier molecular flexibility index (Phi) is 7.96. The summed E-state index contributed by atoms with van der Waals surface area (Å²) in [6, 6.07) is 27.4. The highest BCUT2D eigenvalue weighted by Gasteiger charge is 2.36. The van der Waals surface area contributed by atoms with E-state index in [-0.39, 0.29) is 12.2 Å². The molecule has 0 saturated heterocycles. The van der Waals surface area contributed by atoms with Crippen LogP contribution < -0.4 is 19.6 Å². The first-order valence-corrected chi connectivity index (χ1v) is 16.6. The van der Waals surface area contributed by atoms with Gasteiger partial charge in [0.1, 0.15) is 11.8 Å². The normalized spacial score (nSPS) is 14.9. The predicted octanol–water partition coefficient (Wildman–Crippen LogP) is 6.73. The number of esters is 1. The van der Waals surface area contributed by atoms with Crippen LogP contribution in [0.25, 0.3) is 27.8 Å². The Bertz CT molecular complexity index is 2370. The van der Waals surface area contributed by atoms with Crippen molar-refractivity contribution >= 4 is 61.0 Å². The molecule has 7 nitrogen and oxygen atoms in total. The van der Waals surface area contributed by atoms with Crippen molar-refractivity contribution in [3.05, 3.63) is 143 Å². The van der Waals surface area contributed by atoms with E-state index in [1.54, 1.807) is 25.5 Å². The van der Waals surface area contributed by atoms with Crippen LogP contribution in [0.5, 0.6) is 5.75 Å². The zero-order valence-corrected chi connectivity index (χ0v) is 27.9. The molecular formula is C37H30BrN3O4S. The Hall–Kier alpha value is -4.73. The van der Waals surface area contributed by atoms with Crippen molar-refractivity contribution in [2.75, 3.05) is 13.7 Å². The van der Waals surface area contributed by atoms with Crippen LogP contribution in [0.15, 0.2) is 117 Å². The molecule has 9 heteroatoms. The summed E-state index contributed by atoms with van der Waals surface area (Å²) < 4.78 is 16.8. The average molecular weight is 693 g/mol. The number of allylic oxidation sites excluding steroid dienone is 1. The van der Waals surface area contributed by atoms with Gasteiger partial charge in [-0.25, -0.2) is 9.79 Å². The highest BCUT2D eigenvalue weighted by Crippen LogP contribution is 2.40. The van der Waals surface area contributed by atoms with Gasteiger partial charge in [-0.1, -0.05) is 87.9 Å². The third-order valence-electron chi connectivity index (χ3n) is 8.31. The second-order valence-electron chi connectivity index (χ2n) is 11.1. The number of carbonyl (C=O) groups is 1. The third-order valence-corrected chi connectivity index (χ3v) is 9.82. The molecule has 0 unspecified atom stereocenters. The summed E-state index contributed by atoms with van der Waals surface area (Å²) in [6.45, 7) is 4.45. The SMILES string of the molecule is CCOC(=O)C1=C(C)N=c2s/c(=C/c3cn(Cc4ccc(Br)cc4)c4ccccc34)c(=O)n2[C@H]1c1c(OC)ccc2ccccc12. The summed E-state index contributed by atoms with van der Waals surface area (Å²) in [5.41, 5.74) is 4.49. The van der Waals surface area contributed by atoms with E-state index in [0.717, 1.165) is 37.3 Å². The lowest BCUT2D eigenvalue weighted by atomic mass is 9.90. The van der Waals surface area contributed by atoms with Gasteiger partial charge < -0.3 is 14.0 Å². The standard InChI is InChI=1S/C37H30BrN3O4S/c1-4-45-36(43)32-22(2)39-37-41(34(32)33-28-11-6-5-9-24(28)15-18-30(33)44-3)35(42)31(46-37)19-25-21-40(29-12-8-7-10-27(25)29)20-23-13-16-26(38)17-14-23/h5-19,21,34H,4,20H2,1-3H3/b31-19+/t34-/m1/s1. The van der Waals surface area contributed by atoms with Crippen molar-refractivity contribution < 1.29 is 14.3 Å². The first kappa shape index (κ1) is 30.0. The number of methoxy groups -OCH3 is 1. The number of ether oxygens (including phenoxy) is 2. The fourth-order valence-electron chi connectivity index (χ4n) is 6.25. The van der Waals surface area contributed by atoms with Crippen molar-refractivity contribution in [2.45, 2.75) is 26.4 Å². The Morgan fingerprint density at radius 1 is 1.00 bits per heavy atom. The van der Waals surface area contributed by atoms with Crippen LogP contribution in [0, 0.1) is 0 Å². The van der Waals surface area contributed by atoms with Gasteiger partial charge in [0, 0.05) is 39.2 Å². The minimum atomic E-state index is -0.794. The molecule has 0 aliphatic carbocycles. The Balaban J connectivity index is 1.45. The average Bonchev–Trinajstić information content (AvgIpc) is 3.56. The van der Waals surface area contributed by atoms with Crippen LogP contribution in [0.3, 0.4) is 0 Å². The molecule has 46 heavy (non-hydrogen) atoms. The van der Waals surface area contributed by atoms with Gasteiger partial charge in [0.2, 0.25) is 0 Å². The van der Waals surface area contributed by atoms with E-state index in [2.05, 4.69) is 51.0 Å². The van der Waals surface area contributed by atoms with E-state index in [1.165, 1.54) is 16.9 Å². The first-order valence-electron chi connectivity index (χ1n) is 15.0. The maximum atomic E-state index is 14.5. The molecule has 6 aromatic rings. The number of aromatic nitrogens is 2. The molecule has 0 saturated carbocycles. The molecule has 0 N–H and O–H groups in total. The van der Waals surface area contributed by atoms with Gasteiger partial charge in [-0.2, -0.15) is 0 Å². The van der Waals surface area contributed by atoms with Crippen LogP contribution >= 0.6 is 27.3 Å². The molecule has 7 rings (SSSR count). The Morgan fingerprint density at radius 2 is 1.74 bits per heavy atom. The van der Waals surface area contributed by atoms with Gasteiger partial charge in [-0.15, -0.1) is 0 Å². The molecule has 3 heterocycles. The second kappa shape index (κ2) is 12.2. The van der Waals surface area contributed by atoms with E-state index in [0.29, 0.717) is 32.9 Å². The van der Waals surface area contributed by atoms with Gasteiger partial charge in [0.25, 0.3) is 5.56 Å². The number of halogens is 1. The van der Waals surface area contributed by atoms with E-state index >= 15 is 0 Å². The second-order valence-corrected chi connectivity index (χ2v) is 13.0. The molecule has 0 bridgehead atoms. The third kappa shape index (κ3) is 5.19. The predicted molar refractivity (Wildman–Crippen MR) is 186 cm³/mol. The fourth-order valence-corrected chi connectivity index (χ4v) is 7.55. The molecule has 230 valence electrons. The monoisotopic (exact) mass is 691 g/mol. The number of rotatable bonds is 7. The largest absolute Gasteiger partial charge is 0.496 e. The van der Waals surface area contributed by atoms with Crippen LogP contribution in [0.2, 0.25) is 0 Å². The highest BCUT2D eigenvalue weighted by molar-refractivity contribution is 9.10. The van der Waals surface area contributed by atoms with E-state index in [1.807, 2.05) is 66.7 Å². The molecule has 0 amide bonds. The summed E-state index contributed by atoms with van der Waals surface area (Å²) in [4.78, 5) is 33.4. The van der Waals surface area contributed by atoms with Crippen LogP contribution in [0.1, 0.15) is 36.6 Å². The molecule has 4 aromatic carbocycles. The zero-order valence-electron chi connectivity index (χ0n) is 25.5.